The molecule has 0 aromatic heterocycles. The van der Waals surface area contributed by atoms with Crippen molar-refractivity contribution in [1.29, 1.82) is 0 Å². The number of carboxylic acids is 1. The van der Waals surface area contributed by atoms with Gasteiger partial charge in [0.1, 0.15) is 11.6 Å². The fourth-order valence-electron chi connectivity index (χ4n) is 7.27. The monoisotopic (exact) mass is 727 g/mol. The van der Waals surface area contributed by atoms with Gasteiger partial charge in [0.05, 0.1) is 26.7 Å². The molecule has 1 heterocycles. The Balaban J connectivity index is 1.39. The van der Waals surface area contributed by atoms with Crippen LogP contribution in [0.2, 0.25) is 0 Å². The summed E-state index contributed by atoms with van der Waals surface area (Å²) in [7, 11) is 2.94. The predicted octanol–water partition coefficient (Wildman–Crippen LogP) is 6.87. The van der Waals surface area contributed by atoms with Crippen LogP contribution in [-0.2, 0) is 20.9 Å². The van der Waals surface area contributed by atoms with Crippen LogP contribution in [0.5, 0.6) is 11.5 Å². The molecule has 1 spiro atoms. The highest BCUT2D eigenvalue weighted by Crippen LogP contribution is 2.43. The molecule has 5 rings (SSSR count). The average molecular weight is 728 g/mol. The number of carbonyl (C=O) groups is 5. The van der Waals surface area contributed by atoms with Crippen molar-refractivity contribution in [3.63, 3.8) is 0 Å². The molecule has 3 aromatic carbocycles. The Bertz CT molecular complexity index is 1820. The number of carbonyl (C=O) groups excluding carboxylic acids is 4. The second-order valence-corrected chi connectivity index (χ2v) is 14.1. The number of nitrogens with one attached hydrogen (secondary N) is 3. The highest BCUT2D eigenvalue weighted by Gasteiger charge is 2.59. The Labute approximate surface area is 310 Å². The second kappa shape index (κ2) is 16.8. The quantitative estimate of drug-likeness (QED) is 0.131. The largest absolute Gasteiger partial charge is 0.493 e. The van der Waals surface area contributed by atoms with Gasteiger partial charge in [-0.2, -0.15) is 0 Å². The van der Waals surface area contributed by atoms with Gasteiger partial charge < -0.3 is 35.4 Å². The van der Waals surface area contributed by atoms with Crippen molar-refractivity contribution in [2.75, 3.05) is 24.9 Å². The third-order valence-electron chi connectivity index (χ3n) is 10.0. The van der Waals surface area contributed by atoms with Crippen LogP contribution >= 0.6 is 0 Å². The maximum absolute atomic E-state index is 14.6. The number of hydrogen-bond donors (Lipinski definition) is 4. The molecule has 6 amide bonds. The van der Waals surface area contributed by atoms with E-state index in [1.807, 2.05) is 45.0 Å². The molecule has 1 aliphatic carbocycles. The fraction of sp³-hybridized carbons (Fsp3) is 0.425. The van der Waals surface area contributed by atoms with Crippen molar-refractivity contribution in [2.24, 2.45) is 5.92 Å². The normalized spacial score (nSPS) is 16.3. The lowest BCUT2D eigenvalue weighted by atomic mass is 9.80. The van der Waals surface area contributed by atoms with Gasteiger partial charge in [-0.1, -0.05) is 69.5 Å². The summed E-state index contributed by atoms with van der Waals surface area (Å²) in [6.07, 6.45) is 3.12. The van der Waals surface area contributed by atoms with Gasteiger partial charge in [0.2, 0.25) is 5.91 Å². The number of amides is 6. The van der Waals surface area contributed by atoms with Gasteiger partial charge in [-0.15, -0.1) is 0 Å². The predicted molar refractivity (Wildman–Crippen MR) is 200 cm³/mol. The standard InChI is InChI=1S/C40H49N5O8/c1-25(2)21-32(36(48)42-31(23-35(46)47)28-15-18-33(52-4)34(22-28)53-5)45-37(49)40(19-9-6-10-20-40)44(39(45)51)24-27-13-16-29(17-14-27)41-38(50)43-30-12-8-7-11-26(30)3/h7-8,11-18,22,25,31-32H,6,9-10,19-21,23-24H2,1-5H3,(H,42,48)(H,46,47)(H2,41,43,50). The van der Waals surface area contributed by atoms with E-state index in [0.29, 0.717) is 41.3 Å². The van der Waals surface area contributed by atoms with E-state index in [-0.39, 0.29) is 18.9 Å². The molecule has 0 radical (unpaired) electrons. The summed E-state index contributed by atoms with van der Waals surface area (Å²) >= 11 is 0. The number of nitrogens with zero attached hydrogens (tertiary/aromatic N) is 2. The fourth-order valence-corrected chi connectivity index (χ4v) is 7.27. The van der Waals surface area contributed by atoms with Gasteiger partial charge >= 0.3 is 18.0 Å². The number of imide groups is 1. The lowest BCUT2D eigenvalue weighted by Gasteiger charge is -2.38. The molecular weight excluding hydrogens is 678 g/mol. The zero-order valence-corrected chi connectivity index (χ0v) is 30.9. The SMILES string of the molecule is COc1ccc(C(CC(=O)O)NC(=O)C(CC(C)C)N2C(=O)N(Cc3ccc(NC(=O)Nc4ccccc4C)cc3)C3(CCCCC3)C2=O)cc1OC. The van der Waals surface area contributed by atoms with Crippen molar-refractivity contribution in [2.45, 2.75) is 89.9 Å². The first-order chi connectivity index (χ1) is 25.4. The molecule has 2 unspecified atom stereocenters. The van der Waals surface area contributed by atoms with Crippen LogP contribution in [0.4, 0.5) is 21.0 Å². The number of para-hydroxylation sites is 1. The van der Waals surface area contributed by atoms with Crippen LogP contribution in [0.3, 0.4) is 0 Å². The van der Waals surface area contributed by atoms with Gasteiger partial charge in [0.15, 0.2) is 11.5 Å². The number of carboxylic acid groups (broad SMARTS) is 1. The van der Waals surface area contributed by atoms with Crippen molar-refractivity contribution in [3.05, 3.63) is 83.4 Å². The van der Waals surface area contributed by atoms with Crippen molar-refractivity contribution < 1.29 is 38.6 Å². The maximum atomic E-state index is 14.6. The van der Waals surface area contributed by atoms with Crippen LogP contribution in [0.15, 0.2) is 66.7 Å². The van der Waals surface area contributed by atoms with Crippen molar-refractivity contribution in [1.82, 2.24) is 15.1 Å². The Kier molecular flexibility index (Phi) is 12.3. The van der Waals surface area contributed by atoms with Crippen molar-refractivity contribution >= 4 is 41.2 Å². The zero-order chi connectivity index (χ0) is 38.3. The van der Waals surface area contributed by atoms with Gasteiger partial charge in [0.25, 0.3) is 5.91 Å². The van der Waals surface area contributed by atoms with E-state index in [1.54, 1.807) is 47.4 Å². The molecule has 0 bridgehead atoms. The van der Waals surface area contributed by atoms with Gasteiger partial charge in [-0.3, -0.25) is 14.4 Å². The molecule has 2 fully saturated rings. The summed E-state index contributed by atoms with van der Waals surface area (Å²) in [5.74, 6) is -1.44. The number of aliphatic carboxylic acids is 1. The number of aryl methyl sites for hydroxylation is 1. The topological polar surface area (TPSA) is 167 Å². The minimum Gasteiger partial charge on any atom is -0.493 e. The summed E-state index contributed by atoms with van der Waals surface area (Å²) in [6.45, 7) is 5.84. The minimum absolute atomic E-state index is 0.0789. The van der Waals surface area contributed by atoms with Gasteiger partial charge in [0, 0.05) is 17.9 Å². The van der Waals surface area contributed by atoms with Crippen LogP contribution in [-0.4, -0.2) is 70.6 Å². The van der Waals surface area contributed by atoms with E-state index in [1.165, 1.54) is 14.2 Å². The highest BCUT2D eigenvalue weighted by atomic mass is 16.5. The molecule has 1 saturated heterocycles. The number of methoxy groups -OCH3 is 2. The number of benzene rings is 3. The van der Waals surface area contributed by atoms with Crippen LogP contribution in [0.25, 0.3) is 0 Å². The summed E-state index contributed by atoms with van der Waals surface area (Å²) in [5, 5.41) is 18.3. The molecule has 2 atom stereocenters. The van der Waals surface area contributed by atoms with E-state index >= 15 is 0 Å². The third kappa shape index (κ3) is 8.73. The summed E-state index contributed by atoms with van der Waals surface area (Å²) in [5.41, 5.74) is 2.29. The lowest BCUT2D eigenvalue weighted by Crippen LogP contribution is -2.53. The van der Waals surface area contributed by atoms with Crippen molar-refractivity contribution in [3.8, 4) is 11.5 Å². The number of anilines is 2. The molecule has 2 aliphatic rings. The first kappa shape index (κ1) is 38.6. The van der Waals surface area contributed by atoms with E-state index in [0.717, 1.165) is 35.3 Å². The molecule has 3 aromatic rings. The average Bonchev–Trinajstić information content (AvgIpc) is 3.32. The zero-order valence-electron chi connectivity index (χ0n) is 30.9. The Morgan fingerprint density at radius 1 is 0.887 bits per heavy atom. The van der Waals surface area contributed by atoms with E-state index in [2.05, 4.69) is 16.0 Å². The minimum atomic E-state index is -1.17. The Morgan fingerprint density at radius 3 is 2.19 bits per heavy atom. The smallest absolute Gasteiger partial charge is 0.328 e. The highest BCUT2D eigenvalue weighted by molar-refractivity contribution is 6.10. The third-order valence-corrected chi connectivity index (χ3v) is 10.0. The summed E-state index contributed by atoms with van der Waals surface area (Å²) in [4.78, 5) is 70.6. The van der Waals surface area contributed by atoms with Gasteiger partial charge in [-0.25, -0.2) is 14.5 Å². The molecule has 1 aliphatic heterocycles. The van der Waals surface area contributed by atoms with Crippen LogP contribution in [0, 0.1) is 12.8 Å². The number of urea groups is 2. The number of rotatable bonds is 14. The van der Waals surface area contributed by atoms with E-state index in [9.17, 15) is 29.1 Å². The van der Waals surface area contributed by atoms with Crippen LogP contribution < -0.4 is 25.4 Å². The molecule has 1 saturated carbocycles. The van der Waals surface area contributed by atoms with E-state index < -0.39 is 53.9 Å². The van der Waals surface area contributed by atoms with E-state index in [4.69, 9.17) is 9.47 Å². The lowest BCUT2D eigenvalue weighted by molar-refractivity contribution is -0.142. The summed E-state index contributed by atoms with van der Waals surface area (Å²) in [6, 6.07) is 16.3. The molecule has 53 heavy (non-hydrogen) atoms. The number of hydrogen-bond acceptors (Lipinski definition) is 7. The summed E-state index contributed by atoms with van der Waals surface area (Å²) < 4.78 is 10.7. The molecule has 282 valence electrons. The molecule has 13 nitrogen and oxygen atoms in total. The second-order valence-electron chi connectivity index (χ2n) is 14.1. The first-order valence-electron chi connectivity index (χ1n) is 18.0. The first-order valence-corrected chi connectivity index (χ1v) is 18.0. The molecule has 4 N–H and O–H groups in total. The molecule has 13 heteroatoms. The number of ether oxygens (including phenoxy) is 2. The van der Waals surface area contributed by atoms with Crippen LogP contribution in [0.1, 0.15) is 81.5 Å². The maximum Gasteiger partial charge on any atom is 0.328 e. The molecular formula is C40H49N5O8. The Morgan fingerprint density at radius 2 is 1.57 bits per heavy atom. The Hall–Kier alpha value is -5.59. The van der Waals surface area contributed by atoms with Gasteiger partial charge in [-0.05, 0) is 79.1 Å².